The van der Waals surface area contributed by atoms with Crippen LogP contribution in [0.15, 0.2) is 5.11 Å². The van der Waals surface area contributed by atoms with Gasteiger partial charge in [0.2, 0.25) is 0 Å². The molecule has 1 saturated heterocycles. The number of nitriles is 1. The predicted octanol–water partition coefficient (Wildman–Crippen LogP) is 2.43. The highest BCUT2D eigenvalue weighted by atomic mass is 15.2. The lowest BCUT2D eigenvalue weighted by molar-refractivity contribution is 0.225. The summed E-state index contributed by atoms with van der Waals surface area (Å²) in [4.78, 5) is 5.16. The molecule has 19 heavy (non-hydrogen) atoms. The van der Waals surface area contributed by atoms with E-state index in [1.165, 1.54) is 0 Å². The van der Waals surface area contributed by atoms with E-state index in [1.807, 2.05) is 0 Å². The zero-order valence-electron chi connectivity index (χ0n) is 12.0. The van der Waals surface area contributed by atoms with Crippen molar-refractivity contribution in [3.63, 3.8) is 0 Å². The third-order valence-electron chi connectivity index (χ3n) is 3.78. The quantitative estimate of drug-likeness (QED) is 0.346. The van der Waals surface area contributed by atoms with Gasteiger partial charge < -0.3 is 4.90 Å². The van der Waals surface area contributed by atoms with Crippen LogP contribution in [0.4, 0.5) is 0 Å². The zero-order chi connectivity index (χ0) is 14.1. The van der Waals surface area contributed by atoms with Crippen molar-refractivity contribution in [2.75, 3.05) is 26.2 Å². The lowest BCUT2D eigenvalue weighted by Crippen LogP contribution is -2.45. The molecule has 0 spiro atoms. The summed E-state index contributed by atoms with van der Waals surface area (Å²) < 4.78 is 0. The summed E-state index contributed by atoms with van der Waals surface area (Å²) in [5.41, 5.74) is 7.81. The van der Waals surface area contributed by atoms with Crippen molar-refractivity contribution in [2.24, 2.45) is 5.11 Å². The molecular formula is C13H24N6. The fraction of sp³-hybridized carbons (Fsp3) is 0.923. The molecule has 1 aliphatic rings. The standard InChI is InChI=1S/C13H24N6/c1-12(2)19-9-3-5-13(11-14,6-10-19)16-7-4-8-17-18-15/h12,16H,3-10H2,1-2H3. The van der Waals surface area contributed by atoms with Gasteiger partial charge in [0.15, 0.2) is 0 Å². The fourth-order valence-corrected chi connectivity index (χ4v) is 2.52. The Labute approximate surface area is 115 Å². The van der Waals surface area contributed by atoms with E-state index in [0.717, 1.165) is 45.3 Å². The number of hydrogen-bond donors (Lipinski definition) is 1. The van der Waals surface area contributed by atoms with E-state index >= 15 is 0 Å². The molecule has 1 N–H and O–H groups in total. The molecule has 0 aromatic rings. The highest BCUT2D eigenvalue weighted by molar-refractivity contribution is 5.08. The van der Waals surface area contributed by atoms with Crippen LogP contribution >= 0.6 is 0 Å². The average molecular weight is 264 g/mol. The third kappa shape index (κ3) is 5.07. The van der Waals surface area contributed by atoms with Gasteiger partial charge in [-0.05, 0) is 58.2 Å². The smallest absolute Gasteiger partial charge is 0.108 e. The minimum Gasteiger partial charge on any atom is -0.301 e. The molecule has 6 heteroatoms. The first kappa shape index (κ1) is 15.8. The summed E-state index contributed by atoms with van der Waals surface area (Å²) in [6, 6.07) is 3.01. The summed E-state index contributed by atoms with van der Waals surface area (Å²) in [6.45, 7) is 7.66. The van der Waals surface area contributed by atoms with Crippen molar-refractivity contribution in [1.29, 1.82) is 5.26 Å². The fourth-order valence-electron chi connectivity index (χ4n) is 2.52. The van der Waals surface area contributed by atoms with Crippen LogP contribution in [0.3, 0.4) is 0 Å². The van der Waals surface area contributed by atoms with Crippen LogP contribution in [0.2, 0.25) is 0 Å². The maximum atomic E-state index is 9.48. The lowest BCUT2D eigenvalue weighted by atomic mass is 9.92. The highest BCUT2D eigenvalue weighted by Crippen LogP contribution is 2.22. The first-order valence-electron chi connectivity index (χ1n) is 7.05. The van der Waals surface area contributed by atoms with Crippen LogP contribution in [-0.4, -0.2) is 42.7 Å². The Bertz CT molecular complexity index is 355. The normalized spacial score (nSPS) is 24.5. The lowest BCUT2D eigenvalue weighted by Gasteiger charge is -2.28. The van der Waals surface area contributed by atoms with Gasteiger partial charge in [-0.2, -0.15) is 5.26 Å². The van der Waals surface area contributed by atoms with E-state index in [0.29, 0.717) is 12.6 Å². The topological polar surface area (TPSA) is 87.8 Å². The van der Waals surface area contributed by atoms with E-state index in [1.54, 1.807) is 0 Å². The molecule has 106 valence electrons. The minimum atomic E-state index is -0.403. The summed E-state index contributed by atoms with van der Waals surface area (Å²) in [7, 11) is 0. The molecular weight excluding hydrogens is 240 g/mol. The van der Waals surface area contributed by atoms with Gasteiger partial charge in [0.25, 0.3) is 0 Å². The SMILES string of the molecule is CC(C)N1CCCC(C#N)(NCCCN=[N+]=[N-])CC1. The molecule has 1 rings (SSSR count). The number of hydrogen-bond acceptors (Lipinski definition) is 4. The molecule has 0 aromatic heterocycles. The molecule has 1 atom stereocenters. The van der Waals surface area contributed by atoms with Crippen molar-refractivity contribution < 1.29 is 0 Å². The van der Waals surface area contributed by atoms with Gasteiger partial charge in [0, 0.05) is 24.0 Å². The van der Waals surface area contributed by atoms with Crippen molar-refractivity contribution in [1.82, 2.24) is 10.2 Å². The largest absolute Gasteiger partial charge is 0.301 e. The van der Waals surface area contributed by atoms with Crippen molar-refractivity contribution >= 4 is 0 Å². The van der Waals surface area contributed by atoms with Gasteiger partial charge in [-0.3, -0.25) is 5.32 Å². The van der Waals surface area contributed by atoms with Crippen LogP contribution in [0.25, 0.3) is 10.4 Å². The Hall–Kier alpha value is -1.28. The highest BCUT2D eigenvalue weighted by Gasteiger charge is 2.32. The molecule has 0 saturated carbocycles. The zero-order valence-corrected chi connectivity index (χ0v) is 12.0. The molecule has 0 radical (unpaired) electrons. The maximum Gasteiger partial charge on any atom is 0.108 e. The minimum absolute atomic E-state index is 0.403. The average Bonchev–Trinajstić information content (AvgIpc) is 2.62. The van der Waals surface area contributed by atoms with Gasteiger partial charge in [-0.1, -0.05) is 5.11 Å². The Morgan fingerprint density at radius 2 is 2.26 bits per heavy atom. The van der Waals surface area contributed by atoms with E-state index in [4.69, 9.17) is 5.53 Å². The number of likely N-dealkylation sites (tertiary alicyclic amines) is 1. The van der Waals surface area contributed by atoms with Gasteiger partial charge in [-0.25, -0.2) is 0 Å². The van der Waals surface area contributed by atoms with Gasteiger partial charge in [0.1, 0.15) is 5.54 Å². The monoisotopic (exact) mass is 264 g/mol. The van der Waals surface area contributed by atoms with E-state index in [9.17, 15) is 5.26 Å². The first-order chi connectivity index (χ1) is 9.13. The van der Waals surface area contributed by atoms with E-state index < -0.39 is 5.54 Å². The molecule has 0 bridgehead atoms. The number of rotatable bonds is 6. The molecule has 0 aromatic carbocycles. The Morgan fingerprint density at radius 1 is 1.47 bits per heavy atom. The van der Waals surface area contributed by atoms with Crippen molar-refractivity contribution in [3.8, 4) is 6.07 Å². The van der Waals surface area contributed by atoms with Crippen LogP contribution < -0.4 is 5.32 Å². The van der Waals surface area contributed by atoms with Gasteiger partial charge in [-0.15, -0.1) is 0 Å². The molecule has 0 amide bonds. The maximum absolute atomic E-state index is 9.48. The molecule has 6 nitrogen and oxygen atoms in total. The Balaban J connectivity index is 2.46. The number of nitrogens with zero attached hydrogens (tertiary/aromatic N) is 5. The van der Waals surface area contributed by atoms with Crippen LogP contribution in [-0.2, 0) is 0 Å². The molecule has 1 fully saturated rings. The summed E-state index contributed by atoms with van der Waals surface area (Å²) in [5, 5.41) is 16.4. The Kier molecular flexibility index (Phi) is 6.65. The second-order valence-corrected chi connectivity index (χ2v) is 5.41. The van der Waals surface area contributed by atoms with Crippen molar-refractivity contribution in [2.45, 2.75) is 51.1 Å². The van der Waals surface area contributed by atoms with Gasteiger partial charge in [0.05, 0.1) is 6.07 Å². The second kappa shape index (κ2) is 8.00. The van der Waals surface area contributed by atoms with Crippen LogP contribution in [0, 0.1) is 11.3 Å². The summed E-state index contributed by atoms with van der Waals surface area (Å²) in [6.07, 6.45) is 3.59. The number of azide groups is 1. The van der Waals surface area contributed by atoms with Crippen LogP contribution in [0.5, 0.6) is 0 Å². The molecule has 1 heterocycles. The summed E-state index contributed by atoms with van der Waals surface area (Å²) >= 11 is 0. The molecule has 1 unspecified atom stereocenters. The van der Waals surface area contributed by atoms with E-state index in [-0.39, 0.29) is 0 Å². The second-order valence-electron chi connectivity index (χ2n) is 5.41. The molecule has 1 aliphatic heterocycles. The van der Waals surface area contributed by atoms with Crippen molar-refractivity contribution in [3.05, 3.63) is 10.4 Å². The predicted molar refractivity (Wildman–Crippen MR) is 75.5 cm³/mol. The van der Waals surface area contributed by atoms with Crippen LogP contribution in [0.1, 0.15) is 39.5 Å². The first-order valence-corrected chi connectivity index (χ1v) is 7.05. The summed E-state index contributed by atoms with van der Waals surface area (Å²) in [5.74, 6) is 0. The number of nitrogens with one attached hydrogen (secondary N) is 1. The third-order valence-corrected chi connectivity index (χ3v) is 3.78. The molecule has 0 aliphatic carbocycles. The van der Waals surface area contributed by atoms with Gasteiger partial charge >= 0.3 is 0 Å². The Morgan fingerprint density at radius 3 is 2.89 bits per heavy atom. The van der Waals surface area contributed by atoms with E-state index in [2.05, 4.69) is 40.2 Å².